The summed E-state index contributed by atoms with van der Waals surface area (Å²) < 4.78 is 23.7. The lowest BCUT2D eigenvalue weighted by Crippen LogP contribution is -2.45. The van der Waals surface area contributed by atoms with E-state index in [9.17, 15) is 0 Å². The highest BCUT2D eigenvalue weighted by Crippen LogP contribution is 2.37. The molecular formula is C25H44O4Si. The average Bonchev–Trinajstić information content (AvgIpc) is 2.75. The molecular weight excluding hydrogens is 392 g/mol. The summed E-state index contributed by atoms with van der Waals surface area (Å²) in [7, 11) is -2.52. The van der Waals surface area contributed by atoms with Crippen molar-refractivity contribution in [2.24, 2.45) is 5.92 Å². The molecule has 1 aliphatic rings. The van der Waals surface area contributed by atoms with Crippen LogP contribution in [0.1, 0.15) is 90.5 Å². The van der Waals surface area contributed by atoms with Crippen LogP contribution in [0.5, 0.6) is 5.75 Å². The molecule has 1 aromatic rings. The van der Waals surface area contributed by atoms with Crippen LogP contribution in [0, 0.1) is 5.92 Å². The van der Waals surface area contributed by atoms with Crippen molar-refractivity contribution in [3.8, 4) is 5.75 Å². The Morgan fingerprint density at radius 2 is 1.40 bits per heavy atom. The molecule has 1 fully saturated rings. The van der Waals surface area contributed by atoms with Crippen LogP contribution >= 0.6 is 0 Å². The Morgan fingerprint density at radius 1 is 0.800 bits per heavy atom. The van der Waals surface area contributed by atoms with E-state index in [1.165, 1.54) is 44.1 Å². The quantitative estimate of drug-likeness (QED) is 0.220. The number of hydrogen-bond donors (Lipinski definition) is 0. The first kappa shape index (κ1) is 25.4. The molecule has 0 radical (unpaired) electrons. The summed E-state index contributed by atoms with van der Waals surface area (Å²) in [4.78, 5) is 0. The number of unbranched alkanes of at least 4 members (excludes halogenated alkanes) is 1. The minimum atomic E-state index is -2.52. The topological polar surface area (TPSA) is 36.9 Å². The van der Waals surface area contributed by atoms with Gasteiger partial charge in [-0.05, 0) is 88.8 Å². The van der Waals surface area contributed by atoms with Crippen LogP contribution < -0.4 is 4.74 Å². The molecule has 0 N–H and O–H groups in total. The SMILES string of the molecule is CCCC1CCC(c2ccc(OCCCC[Si](OCC)(OCC)OCC)cc2)CC1. The van der Waals surface area contributed by atoms with Gasteiger partial charge in [0.25, 0.3) is 0 Å². The van der Waals surface area contributed by atoms with E-state index in [2.05, 4.69) is 31.2 Å². The fraction of sp³-hybridized carbons (Fsp3) is 0.760. The number of rotatable bonds is 15. The third kappa shape index (κ3) is 8.33. The highest BCUT2D eigenvalue weighted by Gasteiger charge is 2.39. The minimum absolute atomic E-state index is 0.634. The zero-order chi connectivity index (χ0) is 21.7. The van der Waals surface area contributed by atoms with Crippen LogP contribution in [0.4, 0.5) is 0 Å². The smallest absolute Gasteiger partial charge is 0.494 e. The summed E-state index contributed by atoms with van der Waals surface area (Å²) in [5.41, 5.74) is 1.48. The van der Waals surface area contributed by atoms with Crippen molar-refractivity contribution in [3.63, 3.8) is 0 Å². The fourth-order valence-electron chi connectivity index (χ4n) is 4.66. The molecule has 0 aliphatic heterocycles. The van der Waals surface area contributed by atoms with Gasteiger partial charge in [-0.3, -0.25) is 0 Å². The first-order valence-electron chi connectivity index (χ1n) is 12.3. The first-order chi connectivity index (χ1) is 14.7. The highest BCUT2D eigenvalue weighted by molar-refractivity contribution is 6.60. The van der Waals surface area contributed by atoms with Gasteiger partial charge in [0.05, 0.1) is 6.61 Å². The third-order valence-electron chi connectivity index (χ3n) is 6.13. The lowest BCUT2D eigenvalue weighted by Gasteiger charge is -2.28. The van der Waals surface area contributed by atoms with E-state index < -0.39 is 8.80 Å². The van der Waals surface area contributed by atoms with Crippen LogP contribution in [0.15, 0.2) is 24.3 Å². The Labute approximate surface area is 186 Å². The maximum Gasteiger partial charge on any atom is 0.500 e. The van der Waals surface area contributed by atoms with Crippen molar-refractivity contribution in [2.45, 2.75) is 91.0 Å². The Kier molecular flexibility index (Phi) is 12.0. The van der Waals surface area contributed by atoms with Crippen molar-refractivity contribution in [1.82, 2.24) is 0 Å². The zero-order valence-electron chi connectivity index (χ0n) is 19.8. The molecule has 4 nitrogen and oxygen atoms in total. The fourth-order valence-corrected chi connectivity index (χ4v) is 7.35. The minimum Gasteiger partial charge on any atom is -0.494 e. The van der Waals surface area contributed by atoms with E-state index in [1.54, 1.807) is 0 Å². The van der Waals surface area contributed by atoms with Crippen LogP contribution in [-0.2, 0) is 13.3 Å². The molecule has 0 spiro atoms. The molecule has 5 heteroatoms. The maximum absolute atomic E-state index is 5.98. The molecule has 0 atom stereocenters. The van der Waals surface area contributed by atoms with Gasteiger partial charge < -0.3 is 18.0 Å². The molecule has 0 amide bonds. The summed E-state index contributed by atoms with van der Waals surface area (Å²) in [5.74, 6) is 2.67. The standard InChI is InChI=1S/C25H44O4Si/c1-5-11-22-12-14-23(15-13-22)24-16-18-25(19-17-24)26-20-9-10-21-30(27-6-2,28-7-3)29-8-4/h16-19,22-23H,5-15,20-21H2,1-4H3. The Bertz CT molecular complexity index is 538. The number of ether oxygens (including phenoxy) is 1. The van der Waals surface area contributed by atoms with Crippen LogP contribution in [0.2, 0.25) is 6.04 Å². The Balaban J connectivity index is 1.71. The zero-order valence-corrected chi connectivity index (χ0v) is 20.8. The van der Waals surface area contributed by atoms with E-state index in [0.717, 1.165) is 43.1 Å². The molecule has 1 aliphatic carbocycles. The largest absolute Gasteiger partial charge is 0.500 e. The number of hydrogen-bond acceptors (Lipinski definition) is 4. The molecule has 0 unspecified atom stereocenters. The summed E-state index contributed by atoms with van der Waals surface area (Å²) in [6.45, 7) is 10.9. The summed E-state index contributed by atoms with van der Waals surface area (Å²) >= 11 is 0. The van der Waals surface area contributed by atoms with Gasteiger partial charge in [0.15, 0.2) is 0 Å². The molecule has 2 rings (SSSR count). The van der Waals surface area contributed by atoms with Crippen molar-refractivity contribution < 1.29 is 18.0 Å². The summed E-state index contributed by atoms with van der Waals surface area (Å²) in [6.07, 6.45) is 10.2. The van der Waals surface area contributed by atoms with Crippen molar-refractivity contribution in [1.29, 1.82) is 0 Å². The predicted molar refractivity (Wildman–Crippen MR) is 126 cm³/mol. The van der Waals surface area contributed by atoms with Crippen LogP contribution in [0.25, 0.3) is 0 Å². The third-order valence-corrected chi connectivity index (χ3v) is 9.29. The van der Waals surface area contributed by atoms with Crippen molar-refractivity contribution in [2.75, 3.05) is 26.4 Å². The monoisotopic (exact) mass is 436 g/mol. The van der Waals surface area contributed by atoms with Gasteiger partial charge in [-0.25, -0.2) is 0 Å². The number of benzene rings is 1. The molecule has 1 saturated carbocycles. The second-order valence-corrected chi connectivity index (χ2v) is 11.1. The second-order valence-electron chi connectivity index (χ2n) is 8.36. The van der Waals surface area contributed by atoms with E-state index in [-0.39, 0.29) is 0 Å². The molecule has 1 aromatic carbocycles. The van der Waals surface area contributed by atoms with Crippen LogP contribution in [-0.4, -0.2) is 35.2 Å². The van der Waals surface area contributed by atoms with Gasteiger partial charge >= 0.3 is 8.80 Å². The molecule has 0 aromatic heterocycles. The van der Waals surface area contributed by atoms with Gasteiger partial charge in [0, 0.05) is 25.9 Å². The predicted octanol–water partition coefficient (Wildman–Crippen LogP) is 6.97. The normalized spacial score (nSPS) is 19.7. The van der Waals surface area contributed by atoms with Gasteiger partial charge in [-0.2, -0.15) is 0 Å². The lowest BCUT2D eigenvalue weighted by atomic mass is 9.77. The van der Waals surface area contributed by atoms with Gasteiger partial charge in [0.2, 0.25) is 0 Å². The summed E-state index contributed by atoms with van der Waals surface area (Å²) in [6, 6.07) is 9.69. The van der Waals surface area contributed by atoms with E-state index >= 15 is 0 Å². The van der Waals surface area contributed by atoms with Gasteiger partial charge in [-0.1, -0.05) is 31.9 Å². The van der Waals surface area contributed by atoms with Crippen molar-refractivity contribution in [3.05, 3.63) is 29.8 Å². The Hall–Kier alpha value is -0.883. The maximum atomic E-state index is 5.98. The second kappa shape index (κ2) is 14.2. The lowest BCUT2D eigenvalue weighted by molar-refractivity contribution is 0.0704. The van der Waals surface area contributed by atoms with E-state index in [4.69, 9.17) is 18.0 Å². The molecule has 0 bridgehead atoms. The van der Waals surface area contributed by atoms with Gasteiger partial charge in [-0.15, -0.1) is 0 Å². The van der Waals surface area contributed by atoms with E-state index in [0.29, 0.717) is 19.8 Å². The highest BCUT2D eigenvalue weighted by atomic mass is 28.4. The first-order valence-corrected chi connectivity index (χ1v) is 14.2. The van der Waals surface area contributed by atoms with Crippen LogP contribution in [0.3, 0.4) is 0 Å². The molecule has 30 heavy (non-hydrogen) atoms. The Morgan fingerprint density at radius 3 is 1.93 bits per heavy atom. The average molecular weight is 437 g/mol. The van der Waals surface area contributed by atoms with Crippen molar-refractivity contribution >= 4 is 8.80 Å². The van der Waals surface area contributed by atoms with E-state index in [1.807, 2.05) is 20.8 Å². The molecule has 0 heterocycles. The van der Waals surface area contributed by atoms with Gasteiger partial charge in [0.1, 0.15) is 5.75 Å². The molecule has 172 valence electrons. The molecule has 0 saturated heterocycles. The summed E-state index contributed by atoms with van der Waals surface area (Å²) in [5, 5.41) is 0.